The van der Waals surface area contributed by atoms with Crippen molar-refractivity contribution in [1.82, 2.24) is 15.5 Å². The van der Waals surface area contributed by atoms with Gasteiger partial charge in [-0.1, -0.05) is 32.6 Å². The molecule has 0 spiro atoms. The van der Waals surface area contributed by atoms with Crippen LogP contribution in [0.1, 0.15) is 75.1 Å². The van der Waals surface area contributed by atoms with Crippen LogP contribution in [-0.4, -0.2) is 55.4 Å². The van der Waals surface area contributed by atoms with E-state index >= 15 is 0 Å². The molecule has 1 aromatic carbocycles. The maximum atomic E-state index is 12.6. The van der Waals surface area contributed by atoms with Crippen molar-refractivity contribution < 1.29 is 19.1 Å². The highest BCUT2D eigenvalue weighted by Crippen LogP contribution is 2.19. The predicted octanol–water partition coefficient (Wildman–Crippen LogP) is 3.28. The standard InChI is InChI=1S/C24H37N3O4/c1-3-4-5-6-7-11-22(28)27-18-8-10-21(27)24(30)26-17-9-16-25-23(29)19-12-14-20(31-2)15-13-19/h12-15,21H,3-11,16-18H2,1-2H3,(H,25,29)(H,26,30)/t21-/m0/s1. The maximum absolute atomic E-state index is 12.6. The first kappa shape index (κ1) is 24.7. The number of carbonyl (C=O) groups excluding carboxylic acids is 3. The Bertz CT molecular complexity index is 705. The fraction of sp³-hybridized carbons (Fsp3) is 0.625. The molecule has 0 saturated carbocycles. The summed E-state index contributed by atoms with van der Waals surface area (Å²) in [4.78, 5) is 38.9. The molecule has 2 rings (SSSR count). The quantitative estimate of drug-likeness (QED) is 0.469. The lowest BCUT2D eigenvalue weighted by Crippen LogP contribution is -2.46. The number of nitrogens with zero attached hydrogens (tertiary/aromatic N) is 1. The molecule has 0 radical (unpaired) electrons. The summed E-state index contributed by atoms with van der Waals surface area (Å²) in [5, 5.41) is 5.77. The Kier molecular flexibility index (Phi) is 10.9. The van der Waals surface area contributed by atoms with E-state index < -0.39 is 0 Å². The molecule has 7 heteroatoms. The van der Waals surface area contributed by atoms with Gasteiger partial charge in [-0.05, 0) is 49.9 Å². The Morgan fingerprint density at radius 1 is 1.00 bits per heavy atom. The first-order chi connectivity index (χ1) is 15.1. The molecule has 0 aliphatic carbocycles. The van der Waals surface area contributed by atoms with Gasteiger partial charge in [0.15, 0.2) is 0 Å². The molecule has 31 heavy (non-hydrogen) atoms. The van der Waals surface area contributed by atoms with E-state index in [1.54, 1.807) is 36.3 Å². The van der Waals surface area contributed by atoms with Crippen molar-refractivity contribution >= 4 is 17.7 Å². The summed E-state index contributed by atoms with van der Waals surface area (Å²) in [6, 6.07) is 6.57. The van der Waals surface area contributed by atoms with E-state index in [0.29, 0.717) is 43.8 Å². The van der Waals surface area contributed by atoms with Gasteiger partial charge >= 0.3 is 0 Å². The molecule has 1 fully saturated rings. The van der Waals surface area contributed by atoms with Crippen LogP contribution in [0.25, 0.3) is 0 Å². The third-order valence-electron chi connectivity index (χ3n) is 5.66. The van der Waals surface area contributed by atoms with E-state index in [0.717, 1.165) is 25.7 Å². The molecule has 0 unspecified atom stereocenters. The lowest BCUT2D eigenvalue weighted by atomic mass is 10.1. The lowest BCUT2D eigenvalue weighted by Gasteiger charge is -2.24. The van der Waals surface area contributed by atoms with Crippen LogP contribution in [-0.2, 0) is 9.59 Å². The molecule has 2 N–H and O–H groups in total. The Balaban J connectivity index is 1.64. The average molecular weight is 432 g/mol. The van der Waals surface area contributed by atoms with Crippen LogP contribution >= 0.6 is 0 Å². The molecule has 1 aliphatic rings. The number of hydrogen-bond acceptors (Lipinski definition) is 4. The number of rotatable bonds is 13. The van der Waals surface area contributed by atoms with Crippen LogP contribution in [0, 0.1) is 0 Å². The molecule has 1 saturated heterocycles. The first-order valence-electron chi connectivity index (χ1n) is 11.6. The monoisotopic (exact) mass is 431 g/mol. The van der Waals surface area contributed by atoms with Gasteiger partial charge in [0.2, 0.25) is 11.8 Å². The van der Waals surface area contributed by atoms with Crippen LogP contribution in [0.4, 0.5) is 0 Å². The van der Waals surface area contributed by atoms with Gasteiger partial charge in [0.25, 0.3) is 5.91 Å². The summed E-state index contributed by atoms with van der Waals surface area (Å²) in [5.41, 5.74) is 0.569. The summed E-state index contributed by atoms with van der Waals surface area (Å²) in [7, 11) is 1.58. The van der Waals surface area contributed by atoms with E-state index in [2.05, 4.69) is 17.6 Å². The Morgan fingerprint density at radius 3 is 2.42 bits per heavy atom. The maximum Gasteiger partial charge on any atom is 0.251 e. The molecular weight excluding hydrogens is 394 g/mol. The fourth-order valence-corrected chi connectivity index (χ4v) is 3.83. The number of carbonyl (C=O) groups is 3. The number of amides is 3. The van der Waals surface area contributed by atoms with Crippen molar-refractivity contribution in [2.75, 3.05) is 26.7 Å². The number of ether oxygens (including phenoxy) is 1. The van der Waals surface area contributed by atoms with E-state index in [9.17, 15) is 14.4 Å². The normalized spacial score (nSPS) is 15.5. The SMILES string of the molecule is CCCCCCCC(=O)N1CCC[C@H]1C(=O)NCCCNC(=O)c1ccc(OC)cc1. The lowest BCUT2D eigenvalue weighted by molar-refractivity contribution is -0.138. The number of likely N-dealkylation sites (tertiary alicyclic amines) is 1. The fourth-order valence-electron chi connectivity index (χ4n) is 3.83. The number of unbranched alkanes of at least 4 members (excludes halogenated alkanes) is 4. The van der Waals surface area contributed by atoms with Crippen LogP contribution in [0.5, 0.6) is 5.75 Å². The minimum atomic E-state index is -0.350. The Morgan fingerprint density at radius 2 is 1.71 bits per heavy atom. The smallest absolute Gasteiger partial charge is 0.251 e. The van der Waals surface area contributed by atoms with Crippen molar-refractivity contribution in [2.45, 2.75) is 70.8 Å². The molecule has 1 atom stereocenters. The summed E-state index contributed by atoms with van der Waals surface area (Å²) in [6.45, 7) is 3.78. The number of methoxy groups -OCH3 is 1. The topological polar surface area (TPSA) is 87.7 Å². The molecule has 7 nitrogen and oxygen atoms in total. The van der Waals surface area contributed by atoms with Gasteiger partial charge in [-0.25, -0.2) is 0 Å². The van der Waals surface area contributed by atoms with E-state index in [4.69, 9.17) is 4.74 Å². The van der Waals surface area contributed by atoms with Gasteiger partial charge in [-0.2, -0.15) is 0 Å². The van der Waals surface area contributed by atoms with Crippen molar-refractivity contribution in [3.8, 4) is 5.75 Å². The average Bonchev–Trinajstić information content (AvgIpc) is 3.28. The highest BCUT2D eigenvalue weighted by atomic mass is 16.5. The number of nitrogens with one attached hydrogen (secondary N) is 2. The van der Waals surface area contributed by atoms with E-state index in [-0.39, 0.29) is 23.8 Å². The molecule has 0 bridgehead atoms. The summed E-state index contributed by atoms with van der Waals surface area (Å²) >= 11 is 0. The summed E-state index contributed by atoms with van der Waals surface area (Å²) in [6.07, 6.45) is 8.31. The number of hydrogen-bond donors (Lipinski definition) is 2. The molecule has 0 aromatic heterocycles. The highest BCUT2D eigenvalue weighted by Gasteiger charge is 2.33. The largest absolute Gasteiger partial charge is 0.497 e. The van der Waals surface area contributed by atoms with Crippen LogP contribution in [0.2, 0.25) is 0 Å². The van der Waals surface area contributed by atoms with Gasteiger partial charge in [-0.3, -0.25) is 14.4 Å². The number of benzene rings is 1. The van der Waals surface area contributed by atoms with Gasteiger partial charge in [-0.15, -0.1) is 0 Å². The molecule has 1 aliphatic heterocycles. The summed E-state index contributed by atoms with van der Waals surface area (Å²) < 4.78 is 5.09. The molecular formula is C24H37N3O4. The second-order valence-corrected chi connectivity index (χ2v) is 8.04. The van der Waals surface area contributed by atoms with Crippen LogP contribution in [0.15, 0.2) is 24.3 Å². The zero-order valence-corrected chi connectivity index (χ0v) is 19.0. The van der Waals surface area contributed by atoms with Crippen molar-refractivity contribution in [2.24, 2.45) is 0 Å². The van der Waals surface area contributed by atoms with Gasteiger partial charge < -0.3 is 20.3 Å². The van der Waals surface area contributed by atoms with Crippen LogP contribution < -0.4 is 15.4 Å². The molecule has 1 aromatic rings. The zero-order chi connectivity index (χ0) is 22.5. The van der Waals surface area contributed by atoms with Crippen molar-refractivity contribution in [1.29, 1.82) is 0 Å². The first-order valence-corrected chi connectivity index (χ1v) is 11.6. The minimum Gasteiger partial charge on any atom is -0.497 e. The van der Waals surface area contributed by atoms with Gasteiger partial charge in [0.1, 0.15) is 11.8 Å². The van der Waals surface area contributed by atoms with E-state index in [1.165, 1.54) is 19.3 Å². The predicted molar refractivity (Wildman–Crippen MR) is 121 cm³/mol. The highest BCUT2D eigenvalue weighted by molar-refractivity contribution is 5.94. The second-order valence-electron chi connectivity index (χ2n) is 8.04. The van der Waals surface area contributed by atoms with Gasteiger partial charge in [0, 0.05) is 31.6 Å². The Hall–Kier alpha value is -2.57. The van der Waals surface area contributed by atoms with Crippen molar-refractivity contribution in [3.05, 3.63) is 29.8 Å². The third-order valence-corrected chi connectivity index (χ3v) is 5.66. The van der Waals surface area contributed by atoms with Crippen LogP contribution in [0.3, 0.4) is 0 Å². The minimum absolute atomic E-state index is 0.0849. The van der Waals surface area contributed by atoms with E-state index in [1.807, 2.05) is 0 Å². The summed E-state index contributed by atoms with van der Waals surface area (Å²) in [5.74, 6) is 0.565. The third kappa shape index (κ3) is 8.23. The second kappa shape index (κ2) is 13.7. The Labute approximate surface area is 185 Å². The zero-order valence-electron chi connectivity index (χ0n) is 19.0. The molecule has 1 heterocycles. The molecule has 172 valence electrons. The molecule has 3 amide bonds. The van der Waals surface area contributed by atoms with Gasteiger partial charge in [0.05, 0.1) is 7.11 Å². The van der Waals surface area contributed by atoms with Crippen molar-refractivity contribution in [3.63, 3.8) is 0 Å².